The molecular formula is C14H20FO6-. The summed E-state index contributed by atoms with van der Waals surface area (Å²) in [5.74, 6) is -2.99. The third-order valence-corrected chi connectivity index (χ3v) is 3.52. The molecule has 1 aliphatic rings. The lowest BCUT2D eigenvalue weighted by molar-refractivity contribution is -0.318. The van der Waals surface area contributed by atoms with Gasteiger partial charge in [0.1, 0.15) is 5.60 Å². The van der Waals surface area contributed by atoms with Crippen molar-refractivity contribution in [1.29, 1.82) is 0 Å². The van der Waals surface area contributed by atoms with Crippen molar-refractivity contribution in [2.45, 2.75) is 63.6 Å². The molecule has 0 bridgehead atoms. The summed E-state index contributed by atoms with van der Waals surface area (Å²) < 4.78 is 23.7. The summed E-state index contributed by atoms with van der Waals surface area (Å²) in [7, 11) is 0. The molecule has 0 aromatic heterocycles. The summed E-state index contributed by atoms with van der Waals surface area (Å²) in [6.45, 7) is 1.32. The molecule has 0 aromatic rings. The van der Waals surface area contributed by atoms with Gasteiger partial charge < -0.3 is 19.4 Å². The summed E-state index contributed by atoms with van der Waals surface area (Å²) >= 11 is 0. The van der Waals surface area contributed by atoms with Gasteiger partial charge in [-0.1, -0.05) is 6.42 Å². The molecular weight excluding hydrogens is 283 g/mol. The molecule has 0 spiro atoms. The average molecular weight is 303 g/mol. The molecule has 1 aliphatic carbocycles. The summed E-state index contributed by atoms with van der Waals surface area (Å²) in [6, 6.07) is 0. The van der Waals surface area contributed by atoms with Crippen molar-refractivity contribution in [1.82, 2.24) is 0 Å². The molecule has 1 saturated carbocycles. The normalized spacial score (nSPS) is 18.6. The predicted molar refractivity (Wildman–Crippen MR) is 67.7 cm³/mol. The van der Waals surface area contributed by atoms with E-state index in [4.69, 9.17) is 4.74 Å². The molecule has 1 fully saturated rings. The fourth-order valence-electron chi connectivity index (χ4n) is 2.48. The Morgan fingerprint density at radius 1 is 1.24 bits per heavy atom. The fraction of sp³-hybridized carbons (Fsp3) is 0.786. The molecule has 0 radical (unpaired) electrons. The Morgan fingerprint density at radius 3 is 2.38 bits per heavy atom. The maximum Gasteiger partial charge on any atom is 0.306 e. The fourth-order valence-corrected chi connectivity index (χ4v) is 2.48. The zero-order chi connectivity index (χ0) is 15.9. The van der Waals surface area contributed by atoms with Gasteiger partial charge in [-0.15, -0.1) is 0 Å². The van der Waals surface area contributed by atoms with Gasteiger partial charge >= 0.3 is 11.9 Å². The third kappa shape index (κ3) is 5.32. The summed E-state index contributed by atoms with van der Waals surface area (Å²) in [4.78, 5) is 33.1. The lowest BCUT2D eigenvalue weighted by Gasteiger charge is -2.39. The number of alkyl halides is 1. The quantitative estimate of drug-likeness (QED) is 0.507. The topological polar surface area (TPSA) is 92.7 Å². The molecule has 7 heteroatoms. The number of halogens is 1. The number of carboxylic acids is 1. The largest absolute Gasteiger partial charge is 0.547 e. The highest BCUT2D eigenvalue weighted by atomic mass is 19.1. The van der Waals surface area contributed by atoms with Crippen LogP contribution in [0.1, 0.15) is 51.9 Å². The molecule has 0 saturated heterocycles. The van der Waals surface area contributed by atoms with Crippen LogP contribution in [0.3, 0.4) is 0 Å². The van der Waals surface area contributed by atoms with Crippen LogP contribution >= 0.6 is 0 Å². The van der Waals surface area contributed by atoms with Gasteiger partial charge in [0.25, 0.3) is 0 Å². The van der Waals surface area contributed by atoms with Crippen LogP contribution in [0.4, 0.5) is 4.39 Å². The minimum absolute atomic E-state index is 0.0607. The predicted octanol–water partition coefficient (Wildman–Crippen LogP) is 0.664. The standard InChI is InChI=1S/C14H21FO6/c1-10(16)20-9-5-6-11(17)21-14(12(15)13(18)19)7-3-2-4-8-14/h12H,2-9H2,1H3,(H,18,19)/p-1. The lowest BCUT2D eigenvalue weighted by atomic mass is 9.81. The summed E-state index contributed by atoms with van der Waals surface area (Å²) in [5, 5.41) is 10.8. The van der Waals surface area contributed by atoms with Crippen LogP contribution in [-0.2, 0) is 23.9 Å². The first-order valence-electron chi connectivity index (χ1n) is 7.07. The first-order valence-corrected chi connectivity index (χ1v) is 7.07. The second kappa shape index (κ2) is 7.95. The van der Waals surface area contributed by atoms with E-state index in [1.807, 2.05) is 0 Å². The van der Waals surface area contributed by atoms with E-state index >= 15 is 0 Å². The van der Waals surface area contributed by atoms with Gasteiger partial charge in [0, 0.05) is 13.3 Å². The van der Waals surface area contributed by atoms with E-state index < -0.39 is 29.7 Å². The maximum atomic E-state index is 13.9. The number of hydrogen-bond acceptors (Lipinski definition) is 6. The number of carboxylic acid groups (broad SMARTS) is 1. The first kappa shape index (κ1) is 17.4. The van der Waals surface area contributed by atoms with Crippen molar-refractivity contribution in [2.24, 2.45) is 0 Å². The van der Waals surface area contributed by atoms with Crippen molar-refractivity contribution in [3.8, 4) is 0 Å². The van der Waals surface area contributed by atoms with Crippen LogP contribution in [0.15, 0.2) is 0 Å². The second-order valence-electron chi connectivity index (χ2n) is 5.22. The molecule has 120 valence electrons. The first-order chi connectivity index (χ1) is 9.87. The number of aliphatic carboxylic acids is 1. The number of hydrogen-bond donors (Lipinski definition) is 0. The minimum atomic E-state index is -2.32. The van der Waals surface area contributed by atoms with Crippen molar-refractivity contribution in [3.63, 3.8) is 0 Å². The number of carbonyl (C=O) groups excluding carboxylic acids is 3. The lowest BCUT2D eigenvalue weighted by Crippen LogP contribution is -2.53. The van der Waals surface area contributed by atoms with Gasteiger partial charge in [0.15, 0.2) is 6.17 Å². The van der Waals surface area contributed by atoms with Crippen LogP contribution in [0.2, 0.25) is 0 Å². The molecule has 1 rings (SSSR count). The third-order valence-electron chi connectivity index (χ3n) is 3.52. The molecule has 1 atom stereocenters. The molecule has 6 nitrogen and oxygen atoms in total. The molecule has 0 aromatic carbocycles. The van der Waals surface area contributed by atoms with Gasteiger partial charge in [-0.25, -0.2) is 4.39 Å². The minimum Gasteiger partial charge on any atom is -0.547 e. The van der Waals surface area contributed by atoms with E-state index in [9.17, 15) is 23.9 Å². The van der Waals surface area contributed by atoms with Gasteiger partial charge in [-0.05, 0) is 32.1 Å². The van der Waals surface area contributed by atoms with Crippen molar-refractivity contribution >= 4 is 17.9 Å². The van der Waals surface area contributed by atoms with Crippen LogP contribution in [-0.4, -0.2) is 36.3 Å². The van der Waals surface area contributed by atoms with Gasteiger partial charge in [-0.2, -0.15) is 0 Å². The highest BCUT2D eigenvalue weighted by Gasteiger charge is 2.44. The van der Waals surface area contributed by atoms with Gasteiger partial charge in [0.05, 0.1) is 12.6 Å². The van der Waals surface area contributed by atoms with Crippen molar-refractivity contribution in [2.75, 3.05) is 6.61 Å². The molecule has 0 aliphatic heterocycles. The van der Waals surface area contributed by atoms with E-state index in [2.05, 4.69) is 4.74 Å². The Labute approximate surface area is 122 Å². The smallest absolute Gasteiger partial charge is 0.306 e. The molecule has 0 heterocycles. The summed E-state index contributed by atoms with van der Waals surface area (Å²) in [6.07, 6.45) is 0.283. The highest BCUT2D eigenvalue weighted by molar-refractivity contribution is 5.74. The Balaban J connectivity index is 2.54. The SMILES string of the molecule is CC(=O)OCCCC(=O)OC1(C(F)C(=O)[O-])CCCCC1. The Bertz CT molecular complexity index is 389. The molecule has 0 N–H and O–H groups in total. The van der Waals surface area contributed by atoms with E-state index in [-0.39, 0.29) is 32.3 Å². The molecule has 1 unspecified atom stereocenters. The number of ether oxygens (including phenoxy) is 2. The van der Waals surface area contributed by atoms with Gasteiger partial charge in [-0.3, -0.25) is 9.59 Å². The van der Waals surface area contributed by atoms with Crippen LogP contribution in [0.5, 0.6) is 0 Å². The molecule has 0 amide bonds. The number of carbonyl (C=O) groups is 3. The van der Waals surface area contributed by atoms with E-state index in [1.54, 1.807) is 0 Å². The average Bonchev–Trinajstić information content (AvgIpc) is 2.43. The Hall–Kier alpha value is -1.66. The van der Waals surface area contributed by atoms with Crippen molar-refractivity contribution < 1.29 is 33.4 Å². The van der Waals surface area contributed by atoms with Gasteiger partial charge in [0.2, 0.25) is 0 Å². The zero-order valence-corrected chi connectivity index (χ0v) is 12.1. The zero-order valence-electron chi connectivity index (χ0n) is 12.1. The van der Waals surface area contributed by atoms with E-state index in [0.717, 1.165) is 6.42 Å². The monoisotopic (exact) mass is 303 g/mol. The summed E-state index contributed by atoms with van der Waals surface area (Å²) in [5.41, 5.74) is -1.62. The van der Waals surface area contributed by atoms with Crippen LogP contribution in [0.25, 0.3) is 0 Å². The number of rotatable bonds is 7. The van der Waals surface area contributed by atoms with Crippen LogP contribution < -0.4 is 5.11 Å². The van der Waals surface area contributed by atoms with E-state index in [1.165, 1.54) is 6.92 Å². The Kier molecular flexibility index (Phi) is 6.58. The Morgan fingerprint density at radius 2 is 1.86 bits per heavy atom. The van der Waals surface area contributed by atoms with E-state index in [0.29, 0.717) is 12.8 Å². The molecule has 21 heavy (non-hydrogen) atoms. The number of esters is 2. The highest BCUT2D eigenvalue weighted by Crippen LogP contribution is 2.36. The maximum absolute atomic E-state index is 13.9. The van der Waals surface area contributed by atoms with Crippen LogP contribution in [0, 0.1) is 0 Å². The second-order valence-corrected chi connectivity index (χ2v) is 5.22. The van der Waals surface area contributed by atoms with Crippen molar-refractivity contribution in [3.05, 3.63) is 0 Å².